The largest absolute Gasteiger partial charge is 0.478 e. The fourth-order valence-corrected chi connectivity index (χ4v) is 1.38. The van der Waals surface area contributed by atoms with Crippen LogP contribution in [-0.4, -0.2) is 11.1 Å². The maximum absolute atomic E-state index is 11.0. The Morgan fingerprint density at radius 3 is 2.57 bits per heavy atom. The molecule has 0 saturated carbocycles. The van der Waals surface area contributed by atoms with Gasteiger partial charge in [0.1, 0.15) is 6.07 Å². The molecule has 0 radical (unpaired) electrons. The smallest absolute Gasteiger partial charge is 0.337 e. The highest BCUT2D eigenvalue weighted by Crippen LogP contribution is 2.22. The van der Waals surface area contributed by atoms with Crippen molar-refractivity contribution in [3.63, 3.8) is 0 Å². The van der Waals surface area contributed by atoms with E-state index in [1.165, 1.54) is 6.07 Å². The fourth-order valence-electron chi connectivity index (χ4n) is 1.38. The molecule has 0 unspecified atom stereocenters. The highest BCUT2D eigenvalue weighted by atomic mass is 16.4. The van der Waals surface area contributed by atoms with Gasteiger partial charge in [-0.25, -0.2) is 4.79 Å². The van der Waals surface area contributed by atoms with Gasteiger partial charge in [-0.3, -0.25) is 0 Å². The number of carboxylic acid groups (broad SMARTS) is 1. The standard InChI is InChI=1S/C11H11NO2/c1-7(2)9-5-3-4-8(6-12)10(9)11(13)14/h3-5,7H,1-2H3,(H,13,14). The van der Waals surface area contributed by atoms with E-state index in [4.69, 9.17) is 10.4 Å². The van der Waals surface area contributed by atoms with Crippen LogP contribution in [0, 0.1) is 11.3 Å². The molecule has 1 aromatic carbocycles. The van der Waals surface area contributed by atoms with E-state index < -0.39 is 5.97 Å². The van der Waals surface area contributed by atoms with Gasteiger partial charge in [-0.1, -0.05) is 26.0 Å². The third kappa shape index (κ3) is 1.74. The molecule has 3 nitrogen and oxygen atoms in total. The van der Waals surface area contributed by atoms with E-state index in [1.807, 2.05) is 19.9 Å². The molecule has 0 aliphatic rings. The maximum Gasteiger partial charge on any atom is 0.337 e. The zero-order chi connectivity index (χ0) is 10.7. The molecule has 0 bridgehead atoms. The van der Waals surface area contributed by atoms with Gasteiger partial charge in [0, 0.05) is 0 Å². The molecule has 0 spiro atoms. The Bertz CT molecular complexity index is 402. The minimum atomic E-state index is -1.04. The highest BCUT2D eigenvalue weighted by molar-refractivity contribution is 5.92. The highest BCUT2D eigenvalue weighted by Gasteiger charge is 2.16. The third-order valence-electron chi connectivity index (χ3n) is 2.05. The van der Waals surface area contributed by atoms with E-state index >= 15 is 0 Å². The van der Waals surface area contributed by atoms with Crippen LogP contribution in [0.4, 0.5) is 0 Å². The first-order valence-electron chi connectivity index (χ1n) is 4.34. The van der Waals surface area contributed by atoms with Crippen LogP contribution < -0.4 is 0 Å². The molecule has 14 heavy (non-hydrogen) atoms. The zero-order valence-corrected chi connectivity index (χ0v) is 8.11. The molecule has 0 amide bonds. The predicted octanol–water partition coefficient (Wildman–Crippen LogP) is 2.38. The molecular formula is C11H11NO2. The number of nitriles is 1. The van der Waals surface area contributed by atoms with Gasteiger partial charge in [0.2, 0.25) is 0 Å². The minimum absolute atomic E-state index is 0.106. The van der Waals surface area contributed by atoms with Crippen molar-refractivity contribution >= 4 is 5.97 Å². The molecule has 1 aromatic rings. The lowest BCUT2D eigenvalue weighted by molar-refractivity contribution is 0.0695. The van der Waals surface area contributed by atoms with Crippen LogP contribution >= 0.6 is 0 Å². The Morgan fingerprint density at radius 1 is 1.50 bits per heavy atom. The summed E-state index contributed by atoms with van der Waals surface area (Å²) in [5.74, 6) is -0.930. The Balaban J connectivity index is 3.45. The summed E-state index contributed by atoms with van der Waals surface area (Å²) in [5.41, 5.74) is 1.06. The Hall–Kier alpha value is -1.82. The van der Waals surface area contributed by atoms with Crippen molar-refractivity contribution in [2.75, 3.05) is 0 Å². The summed E-state index contributed by atoms with van der Waals surface area (Å²) >= 11 is 0. The average molecular weight is 189 g/mol. The second-order valence-electron chi connectivity index (χ2n) is 3.34. The minimum Gasteiger partial charge on any atom is -0.478 e. The number of benzene rings is 1. The zero-order valence-electron chi connectivity index (χ0n) is 8.11. The number of nitrogens with zero attached hydrogens (tertiary/aromatic N) is 1. The summed E-state index contributed by atoms with van der Waals surface area (Å²) in [6.45, 7) is 3.81. The van der Waals surface area contributed by atoms with E-state index in [0.29, 0.717) is 5.56 Å². The van der Waals surface area contributed by atoms with Gasteiger partial charge in [-0.2, -0.15) is 5.26 Å². The summed E-state index contributed by atoms with van der Waals surface area (Å²) in [6.07, 6.45) is 0. The van der Waals surface area contributed by atoms with Crippen LogP contribution in [0.15, 0.2) is 18.2 Å². The van der Waals surface area contributed by atoms with Gasteiger partial charge >= 0.3 is 5.97 Å². The van der Waals surface area contributed by atoms with Gasteiger partial charge in [0.25, 0.3) is 0 Å². The van der Waals surface area contributed by atoms with Crippen LogP contribution in [0.5, 0.6) is 0 Å². The van der Waals surface area contributed by atoms with Crippen LogP contribution in [-0.2, 0) is 0 Å². The quantitative estimate of drug-likeness (QED) is 0.776. The number of rotatable bonds is 2. The molecule has 0 aliphatic heterocycles. The predicted molar refractivity (Wildman–Crippen MR) is 52.2 cm³/mol. The third-order valence-corrected chi connectivity index (χ3v) is 2.05. The number of carboxylic acids is 1. The first-order chi connectivity index (χ1) is 6.57. The first-order valence-corrected chi connectivity index (χ1v) is 4.34. The summed E-state index contributed by atoms with van der Waals surface area (Å²) < 4.78 is 0. The van der Waals surface area contributed by atoms with Crippen molar-refractivity contribution in [2.24, 2.45) is 0 Å². The molecule has 0 aliphatic carbocycles. The average Bonchev–Trinajstić information content (AvgIpc) is 2.16. The Morgan fingerprint density at radius 2 is 2.14 bits per heavy atom. The van der Waals surface area contributed by atoms with Crippen molar-refractivity contribution in [3.05, 3.63) is 34.9 Å². The van der Waals surface area contributed by atoms with Crippen LogP contribution in [0.1, 0.15) is 41.3 Å². The lowest BCUT2D eigenvalue weighted by Gasteiger charge is -2.10. The van der Waals surface area contributed by atoms with E-state index in [9.17, 15) is 4.79 Å². The van der Waals surface area contributed by atoms with Crippen molar-refractivity contribution in [3.8, 4) is 6.07 Å². The first kappa shape index (κ1) is 10.3. The van der Waals surface area contributed by atoms with E-state index in [-0.39, 0.29) is 17.0 Å². The summed E-state index contributed by atoms with van der Waals surface area (Å²) in [6, 6.07) is 6.87. The van der Waals surface area contributed by atoms with Gasteiger partial charge in [0.15, 0.2) is 0 Å². The molecule has 0 fully saturated rings. The second kappa shape index (κ2) is 3.93. The maximum atomic E-state index is 11.0. The molecular weight excluding hydrogens is 178 g/mol. The van der Waals surface area contributed by atoms with Crippen molar-refractivity contribution in [2.45, 2.75) is 19.8 Å². The molecule has 0 heterocycles. The van der Waals surface area contributed by atoms with E-state index in [1.54, 1.807) is 12.1 Å². The van der Waals surface area contributed by atoms with Crippen LogP contribution in [0.3, 0.4) is 0 Å². The molecule has 0 aromatic heterocycles. The molecule has 0 saturated heterocycles. The summed E-state index contributed by atoms with van der Waals surface area (Å²) in [4.78, 5) is 11.0. The second-order valence-corrected chi connectivity index (χ2v) is 3.34. The molecule has 1 N–H and O–H groups in total. The van der Waals surface area contributed by atoms with Crippen LogP contribution in [0.2, 0.25) is 0 Å². The Labute approximate surface area is 82.6 Å². The van der Waals surface area contributed by atoms with E-state index in [0.717, 1.165) is 0 Å². The normalized spacial score (nSPS) is 9.86. The summed E-state index contributed by atoms with van der Waals surface area (Å²) in [5, 5.41) is 17.7. The number of carbonyl (C=O) groups is 1. The van der Waals surface area contributed by atoms with Gasteiger partial charge < -0.3 is 5.11 Å². The SMILES string of the molecule is CC(C)c1cccc(C#N)c1C(=O)O. The van der Waals surface area contributed by atoms with Gasteiger partial charge in [-0.15, -0.1) is 0 Å². The lowest BCUT2D eigenvalue weighted by atomic mass is 9.94. The van der Waals surface area contributed by atoms with Crippen molar-refractivity contribution in [1.29, 1.82) is 5.26 Å². The lowest BCUT2D eigenvalue weighted by Crippen LogP contribution is -2.06. The van der Waals surface area contributed by atoms with Crippen LogP contribution in [0.25, 0.3) is 0 Å². The van der Waals surface area contributed by atoms with Crippen molar-refractivity contribution < 1.29 is 9.90 Å². The molecule has 0 atom stereocenters. The summed E-state index contributed by atoms with van der Waals surface area (Å²) in [7, 11) is 0. The number of aromatic carboxylic acids is 1. The van der Waals surface area contributed by atoms with Crippen molar-refractivity contribution in [1.82, 2.24) is 0 Å². The number of hydrogen-bond acceptors (Lipinski definition) is 2. The van der Waals surface area contributed by atoms with E-state index in [2.05, 4.69) is 0 Å². The van der Waals surface area contributed by atoms with Gasteiger partial charge in [-0.05, 0) is 17.5 Å². The fraction of sp³-hybridized carbons (Fsp3) is 0.273. The monoisotopic (exact) mass is 189 g/mol. The van der Waals surface area contributed by atoms with Gasteiger partial charge in [0.05, 0.1) is 11.1 Å². The Kier molecular flexibility index (Phi) is 2.88. The topological polar surface area (TPSA) is 61.1 Å². The molecule has 1 rings (SSSR count). The molecule has 72 valence electrons. The number of hydrogen-bond donors (Lipinski definition) is 1. The molecule has 3 heteroatoms.